The Kier molecular flexibility index (Phi) is 6.86. The number of thiazole rings is 1. The standard InChI is InChI=1S/C19H24N4O5S/c1-13(2)11-28-19(26)23-7-5-22(6-8-23)16(24)10-14-12-29-18(20-14)21-17(25)15-4-3-9-27-15/h3-4,9,12-13H,5-8,10-11H2,1-2H3,(H,20,21,25). The van der Waals surface area contributed by atoms with Crippen LogP contribution < -0.4 is 5.32 Å². The smallest absolute Gasteiger partial charge is 0.409 e. The van der Waals surface area contributed by atoms with Crippen LogP contribution in [0.25, 0.3) is 0 Å². The van der Waals surface area contributed by atoms with E-state index in [9.17, 15) is 14.4 Å². The molecule has 1 fully saturated rings. The van der Waals surface area contributed by atoms with Gasteiger partial charge in [0.2, 0.25) is 5.91 Å². The van der Waals surface area contributed by atoms with E-state index in [1.807, 2.05) is 13.8 Å². The molecule has 0 saturated carbocycles. The number of nitrogens with one attached hydrogen (secondary N) is 1. The molecule has 0 atom stereocenters. The maximum Gasteiger partial charge on any atom is 0.409 e. The topological polar surface area (TPSA) is 105 Å². The van der Waals surface area contributed by atoms with Crippen molar-refractivity contribution >= 4 is 34.4 Å². The Morgan fingerprint density at radius 2 is 1.97 bits per heavy atom. The molecule has 3 rings (SSSR count). The Balaban J connectivity index is 1.45. The second-order valence-corrected chi connectivity index (χ2v) is 7.95. The summed E-state index contributed by atoms with van der Waals surface area (Å²) in [6.07, 6.45) is 1.23. The molecule has 0 aromatic carbocycles. The van der Waals surface area contributed by atoms with Gasteiger partial charge in [-0.25, -0.2) is 9.78 Å². The van der Waals surface area contributed by atoms with E-state index in [4.69, 9.17) is 9.15 Å². The van der Waals surface area contributed by atoms with Gasteiger partial charge in [0.15, 0.2) is 10.9 Å². The van der Waals surface area contributed by atoms with Gasteiger partial charge in [-0.05, 0) is 18.1 Å². The zero-order valence-corrected chi connectivity index (χ0v) is 17.2. The molecule has 1 aliphatic rings. The largest absolute Gasteiger partial charge is 0.459 e. The fraction of sp³-hybridized carbons (Fsp3) is 0.474. The summed E-state index contributed by atoms with van der Waals surface area (Å²) in [5.74, 6) is 0.0356. The van der Waals surface area contributed by atoms with Gasteiger partial charge in [-0.2, -0.15) is 0 Å². The lowest BCUT2D eigenvalue weighted by Crippen LogP contribution is -2.51. The third-order valence-corrected chi connectivity index (χ3v) is 5.09. The molecule has 1 N–H and O–H groups in total. The number of rotatable bonds is 6. The van der Waals surface area contributed by atoms with Crippen LogP contribution in [0.1, 0.15) is 30.1 Å². The molecule has 0 bridgehead atoms. The molecule has 29 heavy (non-hydrogen) atoms. The van der Waals surface area contributed by atoms with Crippen LogP contribution in [-0.4, -0.2) is 65.5 Å². The van der Waals surface area contributed by atoms with Gasteiger partial charge in [-0.15, -0.1) is 11.3 Å². The molecule has 0 unspecified atom stereocenters. The Hall–Kier alpha value is -2.88. The Bertz CT molecular complexity index is 841. The van der Waals surface area contributed by atoms with Gasteiger partial charge in [0.05, 0.1) is 25.0 Å². The molecule has 0 spiro atoms. The van der Waals surface area contributed by atoms with Crippen molar-refractivity contribution in [2.24, 2.45) is 5.92 Å². The molecular formula is C19H24N4O5S. The summed E-state index contributed by atoms with van der Waals surface area (Å²) in [4.78, 5) is 44.1. The molecule has 0 radical (unpaired) electrons. The third kappa shape index (κ3) is 5.80. The first-order chi connectivity index (χ1) is 13.9. The monoisotopic (exact) mass is 420 g/mol. The second kappa shape index (κ2) is 9.55. The van der Waals surface area contributed by atoms with E-state index in [-0.39, 0.29) is 36.0 Å². The van der Waals surface area contributed by atoms with Crippen LogP contribution in [0, 0.1) is 5.92 Å². The minimum Gasteiger partial charge on any atom is -0.459 e. The highest BCUT2D eigenvalue weighted by Gasteiger charge is 2.25. The first-order valence-corrected chi connectivity index (χ1v) is 10.3. The number of ether oxygens (including phenoxy) is 1. The number of anilines is 1. The highest BCUT2D eigenvalue weighted by atomic mass is 32.1. The lowest BCUT2D eigenvalue weighted by molar-refractivity contribution is -0.132. The highest BCUT2D eigenvalue weighted by molar-refractivity contribution is 7.14. The number of aromatic nitrogens is 1. The van der Waals surface area contributed by atoms with E-state index in [0.717, 1.165) is 0 Å². The van der Waals surface area contributed by atoms with Gasteiger partial charge < -0.3 is 19.0 Å². The van der Waals surface area contributed by atoms with Crippen LogP contribution in [0.4, 0.5) is 9.93 Å². The number of carbonyl (C=O) groups is 3. The van der Waals surface area contributed by atoms with Crippen LogP contribution >= 0.6 is 11.3 Å². The third-order valence-electron chi connectivity index (χ3n) is 4.28. The van der Waals surface area contributed by atoms with Crippen molar-refractivity contribution in [3.63, 3.8) is 0 Å². The van der Waals surface area contributed by atoms with E-state index in [1.54, 1.807) is 27.3 Å². The van der Waals surface area contributed by atoms with Gasteiger partial charge >= 0.3 is 6.09 Å². The average molecular weight is 420 g/mol. The number of amides is 3. The lowest BCUT2D eigenvalue weighted by atomic mass is 10.2. The molecular weight excluding hydrogens is 396 g/mol. The summed E-state index contributed by atoms with van der Waals surface area (Å²) in [6.45, 7) is 6.17. The summed E-state index contributed by atoms with van der Waals surface area (Å²) in [6, 6.07) is 3.19. The van der Waals surface area contributed by atoms with Gasteiger partial charge in [-0.1, -0.05) is 13.8 Å². The van der Waals surface area contributed by atoms with Crippen LogP contribution in [0.15, 0.2) is 28.2 Å². The number of nitrogens with zero attached hydrogens (tertiary/aromatic N) is 3. The first-order valence-electron chi connectivity index (χ1n) is 9.41. The summed E-state index contributed by atoms with van der Waals surface area (Å²) in [7, 11) is 0. The van der Waals surface area contributed by atoms with Crippen molar-refractivity contribution in [2.75, 3.05) is 38.1 Å². The Morgan fingerprint density at radius 1 is 1.24 bits per heavy atom. The van der Waals surface area contributed by atoms with E-state index < -0.39 is 0 Å². The molecule has 9 nitrogen and oxygen atoms in total. The lowest BCUT2D eigenvalue weighted by Gasteiger charge is -2.34. The predicted molar refractivity (Wildman–Crippen MR) is 107 cm³/mol. The van der Waals surface area contributed by atoms with Gasteiger partial charge in [0.1, 0.15) is 0 Å². The fourth-order valence-corrected chi connectivity index (χ4v) is 3.45. The van der Waals surface area contributed by atoms with Crippen molar-refractivity contribution in [3.8, 4) is 0 Å². The molecule has 156 valence electrons. The molecule has 2 aromatic rings. The van der Waals surface area contributed by atoms with Crippen LogP contribution in [-0.2, 0) is 16.0 Å². The zero-order chi connectivity index (χ0) is 20.8. The molecule has 1 saturated heterocycles. The van der Waals surface area contributed by atoms with E-state index in [1.165, 1.54) is 17.6 Å². The van der Waals surface area contributed by atoms with Crippen LogP contribution in [0.3, 0.4) is 0 Å². The number of hydrogen-bond acceptors (Lipinski definition) is 7. The van der Waals surface area contributed by atoms with Gasteiger partial charge in [0, 0.05) is 31.6 Å². The van der Waals surface area contributed by atoms with Gasteiger partial charge in [0.25, 0.3) is 5.91 Å². The zero-order valence-electron chi connectivity index (χ0n) is 16.4. The van der Waals surface area contributed by atoms with E-state index >= 15 is 0 Å². The minimum absolute atomic E-state index is 0.0607. The molecule has 0 aliphatic carbocycles. The van der Waals surface area contributed by atoms with Crippen LogP contribution in [0.5, 0.6) is 0 Å². The van der Waals surface area contributed by atoms with Gasteiger partial charge in [-0.3, -0.25) is 14.9 Å². The van der Waals surface area contributed by atoms with E-state index in [0.29, 0.717) is 43.6 Å². The maximum absolute atomic E-state index is 12.5. The van der Waals surface area contributed by atoms with Crippen molar-refractivity contribution in [1.29, 1.82) is 0 Å². The molecule has 10 heteroatoms. The summed E-state index contributed by atoms with van der Waals surface area (Å²) in [5.41, 5.74) is 0.591. The number of carbonyl (C=O) groups excluding carboxylic acids is 3. The molecule has 3 amide bonds. The number of piperazine rings is 1. The molecule has 1 aliphatic heterocycles. The predicted octanol–water partition coefficient (Wildman–Crippen LogP) is 2.47. The average Bonchev–Trinajstić information content (AvgIpc) is 3.38. The highest BCUT2D eigenvalue weighted by Crippen LogP contribution is 2.18. The van der Waals surface area contributed by atoms with Crippen molar-refractivity contribution in [3.05, 3.63) is 35.2 Å². The summed E-state index contributed by atoms with van der Waals surface area (Å²) >= 11 is 1.25. The second-order valence-electron chi connectivity index (χ2n) is 7.09. The van der Waals surface area contributed by atoms with Crippen molar-refractivity contribution < 1.29 is 23.5 Å². The van der Waals surface area contributed by atoms with Crippen molar-refractivity contribution in [2.45, 2.75) is 20.3 Å². The Morgan fingerprint density at radius 3 is 2.62 bits per heavy atom. The first kappa shape index (κ1) is 20.8. The SMILES string of the molecule is CC(C)COC(=O)N1CCN(C(=O)Cc2csc(NC(=O)c3ccco3)n2)CC1. The summed E-state index contributed by atoms with van der Waals surface area (Å²) < 4.78 is 10.3. The van der Waals surface area contributed by atoms with E-state index in [2.05, 4.69) is 10.3 Å². The van der Waals surface area contributed by atoms with Crippen molar-refractivity contribution in [1.82, 2.24) is 14.8 Å². The fourth-order valence-electron chi connectivity index (χ4n) is 2.75. The molecule has 3 heterocycles. The Labute approximate surface area is 172 Å². The minimum atomic E-state index is -0.386. The quantitative estimate of drug-likeness (QED) is 0.770. The normalized spacial score (nSPS) is 14.2. The summed E-state index contributed by atoms with van der Waals surface area (Å²) in [5, 5.41) is 4.80. The molecule has 2 aromatic heterocycles. The maximum atomic E-state index is 12.5. The number of hydrogen-bond donors (Lipinski definition) is 1. The number of furan rings is 1. The van der Waals surface area contributed by atoms with Crippen LogP contribution in [0.2, 0.25) is 0 Å².